The van der Waals surface area contributed by atoms with E-state index in [0.29, 0.717) is 10.7 Å². The van der Waals surface area contributed by atoms with Gasteiger partial charge < -0.3 is 10.1 Å². The monoisotopic (exact) mass is 369 g/mol. The average Bonchev–Trinajstić information content (AvgIpc) is 2.62. The molecule has 1 N–H and O–H groups in total. The number of hydrogen-bond acceptors (Lipinski definition) is 6. The molecular weight excluding hydrogens is 350 g/mol. The van der Waals surface area contributed by atoms with Crippen molar-refractivity contribution >= 4 is 29.3 Å². The van der Waals surface area contributed by atoms with E-state index >= 15 is 0 Å². The first kappa shape index (κ1) is 19.5. The lowest BCUT2D eigenvalue weighted by atomic mass is 10.1. The molecule has 1 heterocycles. The molecule has 0 radical (unpaired) electrons. The Bertz CT molecular complexity index is 875. The van der Waals surface area contributed by atoms with E-state index < -0.39 is 5.97 Å². The first-order valence-electron chi connectivity index (χ1n) is 8.03. The van der Waals surface area contributed by atoms with Crippen LogP contribution in [0.5, 0.6) is 0 Å². The van der Waals surface area contributed by atoms with Gasteiger partial charge in [0.05, 0.1) is 29.2 Å². The second kappa shape index (κ2) is 9.02. The maximum Gasteiger partial charge on any atom is 0.340 e. The number of amides is 1. The van der Waals surface area contributed by atoms with Crippen molar-refractivity contribution in [1.29, 1.82) is 5.26 Å². The average molecular weight is 369 g/mol. The van der Waals surface area contributed by atoms with Crippen molar-refractivity contribution in [2.75, 3.05) is 17.7 Å². The molecule has 0 fully saturated rings. The molecule has 1 aromatic carbocycles. The van der Waals surface area contributed by atoms with Gasteiger partial charge in [-0.15, -0.1) is 0 Å². The Kier molecular flexibility index (Phi) is 6.75. The summed E-state index contributed by atoms with van der Waals surface area (Å²) in [4.78, 5) is 28.4. The number of rotatable bonds is 6. The van der Waals surface area contributed by atoms with Crippen LogP contribution in [0.4, 0.5) is 5.69 Å². The molecule has 0 aliphatic carbocycles. The van der Waals surface area contributed by atoms with Crippen LogP contribution in [0.25, 0.3) is 0 Å². The zero-order valence-electron chi connectivity index (χ0n) is 14.8. The number of carbonyl (C=O) groups is 2. The summed E-state index contributed by atoms with van der Waals surface area (Å²) in [6.07, 6.45) is 0. The van der Waals surface area contributed by atoms with Gasteiger partial charge in [0.1, 0.15) is 11.1 Å². The summed E-state index contributed by atoms with van der Waals surface area (Å²) >= 11 is 1.16. The molecular formula is C19H19N3O3S. The van der Waals surface area contributed by atoms with E-state index in [1.165, 1.54) is 6.07 Å². The van der Waals surface area contributed by atoms with Gasteiger partial charge in [0, 0.05) is 5.69 Å². The second-order valence-corrected chi connectivity index (χ2v) is 6.42. The summed E-state index contributed by atoms with van der Waals surface area (Å²) in [5.74, 6) is -0.598. The van der Waals surface area contributed by atoms with Crippen molar-refractivity contribution in [2.45, 2.75) is 25.8 Å². The molecule has 0 aliphatic heterocycles. The highest BCUT2D eigenvalue weighted by atomic mass is 32.2. The molecule has 0 bridgehead atoms. The maximum absolute atomic E-state index is 12.2. The molecule has 0 atom stereocenters. The minimum Gasteiger partial charge on any atom is -0.462 e. The first-order valence-corrected chi connectivity index (χ1v) is 9.02. The molecule has 2 aromatic rings. The number of benzene rings is 1. The van der Waals surface area contributed by atoms with Crippen LogP contribution in [0.3, 0.4) is 0 Å². The fourth-order valence-corrected chi connectivity index (χ4v) is 3.02. The number of anilines is 1. The van der Waals surface area contributed by atoms with Crippen LogP contribution in [0.1, 0.15) is 34.1 Å². The van der Waals surface area contributed by atoms with Crippen molar-refractivity contribution in [3.63, 3.8) is 0 Å². The van der Waals surface area contributed by atoms with E-state index in [0.717, 1.165) is 23.0 Å². The van der Waals surface area contributed by atoms with E-state index in [9.17, 15) is 14.9 Å². The summed E-state index contributed by atoms with van der Waals surface area (Å²) in [6.45, 7) is 5.54. The van der Waals surface area contributed by atoms with Crippen LogP contribution >= 0.6 is 11.8 Å². The van der Waals surface area contributed by atoms with Gasteiger partial charge in [0.2, 0.25) is 5.91 Å². The van der Waals surface area contributed by atoms with Crippen molar-refractivity contribution in [3.05, 3.63) is 52.7 Å². The number of hydrogen-bond donors (Lipinski definition) is 1. The van der Waals surface area contributed by atoms with Crippen molar-refractivity contribution in [3.8, 4) is 6.07 Å². The van der Waals surface area contributed by atoms with Gasteiger partial charge in [-0.1, -0.05) is 30.0 Å². The Morgan fingerprint density at radius 2 is 2.04 bits per heavy atom. The van der Waals surface area contributed by atoms with Gasteiger partial charge >= 0.3 is 5.97 Å². The number of para-hydroxylation sites is 1. The predicted molar refractivity (Wildman–Crippen MR) is 100 cm³/mol. The number of esters is 1. The Balaban J connectivity index is 2.11. The highest BCUT2D eigenvalue weighted by Crippen LogP contribution is 2.24. The Morgan fingerprint density at radius 1 is 1.31 bits per heavy atom. The molecule has 134 valence electrons. The number of pyridine rings is 1. The lowest BCUT2D eigenvalue weighted by molar-refractivity contribution is -0.113. The van der Waals surface area contributed by atoms with Crippen molar-refractivity contribution in [1.82, 2.24) is 4.98 Å². The van der Waals surface area contributed by atoms with Gasteiger partial charge in [-0.25, -0.2) is 9.78 Å². The fourth-order valence-electron chi connectivity index (χ4n) is 2.22. The zero-order chi connectivity index (χ0) is 19.1. The number of nitrogens with one attached hydrogen (secondary N) is 1. The maximum atomic E-state index is 12.2. The standard InChI is InChI=1S/C19H19N3O3S/c1-4-25-19(24)15-9-14(10-20)18(21-13(15)3)26-11-17(23)22-16-8-6-5-7-12(16)2/h5-9H,4,11H2,1-3H3,(H,22,23). The molecule has 0 spiro atoms. The van der Waals surface area contributed by atoms with Crippen LogP contribution in [-0.4, -0.2) is 29.2 Å². The Morgan fingerprint density at radius 3 is 2.69 bits per heavy atom. The molecule has 1 amide bonds. The van der Waals surface area contributed by atoms with Crippen LogP contribution in [-0.2, 0) is 9.53 Å². The SMILES string of the molecule is CCOC(=O)c1cc(C#N)c(SCC(=O)Nc2ccccc2C)nc1C. The topological polar surface area (TPSA) is 92.1 Å². The van der Waals surface area contributed by atoms with E-state index in [1.807, 2.05) is 37.3 Å². The lowest BCUT2D eigenvalue weighted by Gasteiger charge is -2.10. The molecule has 26 heavy (non-hydrogen) atoms. The molecule has 0 saturated heterocycles. The quantitative estimate of drug-likeness (QED) is 0.619. The van der Waals surface area contributed by atoms with E-state index in [2.05, 4.69) is 10.3 Å². The number of aromatic nitrogens is 1. The second-order valence-electron chi connectivity index (χ2n) is 5.46. The largest absolute Gasteiger partial charge is 0.462 e. The van der Waals surface area contributed by atoms with E-state index in [1.54, 1.807) is 13.8 Å². The highest BCUT2D eigenvalue weighted by Gasteiger charge is 2.17. The third kappa shape index (κ3) is 4.83. The number of ether oxygens (including phenoxy) is 1. The smallest absolute Gasteiger partial charge is 0.340 e. The fraction of sp³-hybridized carbons (Fsp3) is 0.263. The molecule has 0 saturated carbocycles. The van der Waals surface area contributed by atoms with Gasteiger partial charge in [0.25, 0.3) is 0 Å². The van der Waals surface area contributed by atoms with Gasteiger partial charge in [0.15, 0.2) is 0 Å². The number of thioether (sulfide) groups is 1. The minimum absolute atomic E-state index is 0.105. The third-order valence-electron chi connectivity index (χ3n) is 3.55. The predicted octanol–water partition coefficient (Wildman–Crippen LogP) is 3.48. The Hall–Kier alpha value is -2.85. The van der Waals surface area contributed by atoms with Crippen molar-refractivity contribution < 1.29 is 14.3 Å². The van der Waals surface area contributed by atoms with E-state index in [4.69, 9.17) is 4.74 Å². The minimum atomic E-state index is -0.511. The molecule has 0 unspecified atom stereocenters. The molecule has 2 rings (SSSR count). The molecule has 7 heteroatoms. The molecule has 0 aliphatic rings. The summed E-state index contributed by atoms with van der Waals surface area (Å²) in [7, 11) is 0. The third-order valence-corrected chi connectivity index (χ3v) is 4.54. The summed E-state index contributed by atoms with van der Waals surface area (Å²) in [6, 6.07) is 11.0. The normalized spacial score (nSPS) is 10.1. The Labute approximate surface area is 156 Å². The van der Waals surface area contributed by atoms with Crippen molar-refractivity contribution in [2.24, 2.45) is 0 Å². The molecule has 6 nitrogen and oxygen atoms in total. The van der Waals surface area contributed by atoms with Crippen LogP contribution < -0.4 is 5.32 Å². The number of aryl methyl sites for hydroxylation is 2. The van der Waals surface area contributed by atoms with Gasteiger partial charge in [-0.2, -0.15) is 5.26 Å². The zero-order valence-corrected chi connectivity index (χ0v) is 15.6. The number of nitriles is 1. The summed E-state index contributed by atoms with van der Waals surface area (Å²) in [5, 5.41) is 12.6. The lowest BCUT2D eigenvalue weighted by Crippen LogP contribution is -2.15. The number of carbonyl (C=O) groups excluding carboxylic acids is 2. The van der Waals surface area contributed by atoms with Crippen LogP contribution in [0, 0.1) is 25.2 Å². The van der Waals surface area contributed by atoms with E-state index in [-0.39, 0.29) is 29.4 Å². The van der Waals surface area contributed by atoms with Crippen LogP contribution in [0.2, 0.25) is 0 Å². The molecule has 1 aromatic heterocycles. The first-order chi connectivity index (χ1) is 12.5. The van der Waals surface area contributed by atoms with Gasteiger partial charge in [-0.05, 0) is 38.5 Å². The summed E-state index contributed by atoms with van der Waals surface area (Å²) < 4.78 is 4.96. The van der Waals surface area contributed by atoms with Crippen LogP contribution in [0.15, 0.2) is 35.4 Å². The highest BCUT2D eigenvalue weighted by molar-refractivity contribution is 8.00. The number of nitrogens with zero attached hydrogens (tertiary/aromatic N) is 2. The summed E-state index contributed by atoms with van der Waals surface area (Å²) in [5.41, 5.74) is 2.69. The van der Waals surface area contributed by atoms with Gasteiger partial charge in [-0.3, -0.25) is 4.79 Å².